The molecule has 0 bridgehead atoms. The molecule has 0 heterocycles. The Morgan fingerprint density at radius 3 is 2.19 bits per heavy atom. The largest absolute Gasteiger partial charge is 0.322 e. The maximum absolute atomic E-state index is 13.0. The summed E-state index contributed by atoms with van der Waals surface area (Å²) >= 11 is 0. The molecule has 1 atom stereocenters. The SMILES string of the molecule is O=C(Nc1cccc(C(C(=O)NO)c2ccccc2)c1)c1ccc(F)cc1. The highest BCUT2D eigenvalue weighted by molar-refractivity contribution is 6.04. The molecule has 27 heavy (non-hydrogen) atoms. The highest BCUT2D eigenvalue weighted by atomic mass is 19.1. The Hall–Kier alpha value is -3.51. The molecule has 6 heteroatoms. The Kier molecular flexibility index (Phi) is 5.58. The number of carbonyl (C=O) groups excluding carboxylic acids is 2. The summed E-state index contributed by atoms with van der Waals surface area (Å²) in [5.41, 5.74) is 3.79. The van der Waals surface area contributed by atoms with Crippen molar-refractivity contribution in [1.29, 1.82) is 0 Å². The van der Waals surface area contributed by atoms with E-state index in [4.69, 9.17) is 5.21 Å². The maximum atomic E-state index is 13.0. The standard InChI is InChI=1S/C21H17FN2O3/c22-17-11-9-15(10-12-17)20(25)23-18-8-4-7-16(13-18)19(21(26)24-27)14-5-2-1-3-6-14/h1-13,19,27H,(H,23,25)(H,24,26). The molecule has 1 unspecified atom stereocenters. The van der Waals surface area contributed by atoms with E-state index in [1.165, 1.54) is 24.3 Å². The van der Waals surface area contributed by atoms with Gasteiger partial charge in [0.2, 0.25) is 0 Å². The third-order valence-electron chi connectivity index (χ3n) is 4.09. The molecule has 3 aromatic rings. The molecule has 3 N–H and O–H groups in total. The van der Waals surface area contributed by atoms with Gasteiger partial charge in [-0.1, -0.05) is 42.5 Å². The highest BCUT2D eigenvalue weighted by Gasteiger charge is 2.22. The third-order valence-corrected chi connectivity index (χ3v) is 4.09. The van der Waals surface area contributed by atoms with Gasteiger partial charge in [0.05, 0.1) is 5.92 Å². The second kappa shape index (κ2) is 8.25. The number of rotatable bonds is 5. The third kappa shape index (κ3) is 4.37. The number of anilines is 1. The Balaban J connectivity index is 1.88. The molecule has 5 nitrogen and oxygen atoms in total. The fourth-order valence-corrected chi connectivity index (χ4v) is 2.81. The van der Waals surface area contributed by atoms with Crippen LogP contribution in [0, 0.1) is 5.82 Å². The number of hydrogen-bond acceptors (Lipinski definition) is 3. The van der Waals surface area contributed by atoms with Crippen LogP contribution in [0.15, 0.2) is 78.9 Å². The van der Waals surface area contributed by atoms with Crippen molar-refractivity contribution in [1.82, 2.24) is 5.48 Å². The van der Waals surface area contributed by atoms with Crippen LogP contribution in [-0.2, 0) is 4.79 Å². The van der Waals surface area contributed by atoms with E-state index in [-0.39, 0.29) is 0 Å². The zero-order valence-corrected chi connectivity index (χ0v) is 14.2. The first-order valence-electron chi connectivity index (χ1n) is 8.24. The van der Waals surface area contributed by atoms with Crippen LogP contribution >= 0.6 is 0 Å². The minimum absolute atomic E-state index is 0.314. The van der Waals surface area contributed by atoms with Crippen molar-refractivity contribution < 1.29 is 19.2 Å². The second-order valence-corrected chi connectivity index (χ2v) is 5.91. The average Bonchev–Trinajstić information content (AvgIpc) is 2.69. The fourth-order valence-electron chi connectivity index (χ4n) is 2.81. The Morgan fingerprint density at radius 1 is 0.852 bits per heavy atom. The molecule has 0 saturated carbocycles. The molecule has 0 aromatic heterocycles. The molecule has 0 radical (unpaired) electrons. The van der Waals surface area contributed by atoms with Gasteiger partial charge in [0.15, 0.2) is 0 Å². The lowest BCUT2D eigenvalue weighted by Gasteiger charge is -2.17. The molecule has 3 rings (SSSR count). The number of carbonyl (C=O) groups is 2. The first-order chi connectivity index (χ1) is 13.1. The van der Waals surface area contributed by atoms with Crippen molar-refractivity contribution in [2.45, 2.75) is 5.92 Å². The Morgan fingerprint density at radius 2 is 1.52 bits per heavy atom. The first-order valence-corrected chi connectivity index (χ1v) is 8.24. The van der Waals surface area contributed by atoms with Crippen LogP contribution in [0.25, 0.3) is 0 Å². The molecular weight excluding hydrogens is 347 g/mol. The van der Waals surface area contributed by atoms with E-state index in [0.717, 1.165) is 0 Å². The van der Waals surface area contributed by atoms with E-state index in [1.54, 1.807) is 54.0 Å². The van der Waals surface area contributed by atoms with Crippen molar-refractivity contribution in [2.75, 3.05) is 5.32 Å². The summed E-state index contributed by atoms with van der Waals surface area (Å²) in [6.45, 7) is 0. The molecule has 0 fully saturated rings. The van der Waals surface area contributed by atoms with Crippen molar-refractivity contribution >= 4 is 17.5 Å². The van der Waals surface area contributed by atoms with Crippen LogP contribution < -0.4 is 10.8 Å². The predicted octanol–water partition coefficient (Wildman–Crippen LogP) is 3.72. The number of hydrogen-bond donors (Lipinski definition) is 3. The summed E-state index contributed by atoms with van der Waals surface area (Å²) in [5, 5.41) is 11.8. The van der Waals surface area contributed by atoms with Crippen molar-refractivity contribution in [3.8, 4) is 0 Å². The molecule has 0 aliphatic carbocycles. The minimum atomic E-state index is -0.737. The molecule has 0 aliphatic heterocycles. The topological polar surface area (TPSA) is 78.4 Å². The van der Waals surface area contributed by atoms with Gasteiger partial charge in [-0.05, 0) is 47.5 Å². The van der Waals surface area contributed by atoms with E-state index in [0.29, 0.717) is 22.4 Å². The van der Waals surface area contributed by atoms with Gasteiger partial charge in [0, 0.05) is 11.3 Å². The van der Waals surface area contributed by atoms with Crippen molar-refractivity contribution in [2.24, 2.45) is 0 Å². The zero-order chi connectivity index (χ0) is 19.2. The summed E-state index contributed by atoms with van der Waals surface area (Å²) in [6.07, 6.45) is 0. The van der Waals surface area contributed by atoms with Crippen molar-refractivity contribution in [3.63, 3.8) is 0 Å². The number of halogens is 1. The first kappa shape index (κ1) is 18.3. The lowest BCUT2D eigenvalue weighted by atomic mass is 9.90. The van der Waals surface area contributed by atoms with Crippen LogP contribution in [0.1, 0.15) is 27.4 Å². The van der Waals surface area contributed by atoms with Crippen LogP contribution in [0.5, 0.6) is 0 Å². The van der Waals surface area contributed by atoms with E-state index in [2.05, 4.69) is 5.32 Å². The molecule has 2 amide bonds. The molecule has 0 spiro atoms. The molecule has 3 aromatic carbocycles. The minimum Gasteiger partial charge on any atom is -0.322 e. The Bertz CT molecular complexity index is 943. The van der Waals surface area contributed by atoms with E-state index < -0.39 is 23.5 Å². The van der Waals surface area contributed by atoms with Gasteiger partial charge in [-0.25, -0.2) is 9.87 Å². The van der Waals surface area contributed by atoms with Gasteiger partial charge in [-0.15, -0.1) is 0 Å². The lowest BCUT2D eigenvalue weighted by Crippen LogP contribution is -2.27. The van der Waals surface area contributed by atoms with Gasteiger partial charge in [-0.3, -0.25) is 14.8 Å². The van der Waals surface area contributed by atoms with Gasteiger partial charge >= 0.3 is 0 Å². The summed E-state index contributed by atoms with van der Waals surface area (Å²) in [5.74, 6) is -2.13. The zero-order valence-electron chi connectivity index (χ0n) is 14.2. The van der Waals surface area contributed by atoms with E-state index in [9.17, 15) is 14.0 Å². The smallest absolute Gasteiger partial charge is 0.255 e. The summed E-state index contributed by atoms with van der Waals surface area (Å²) in [7, 11) is 0. The van der Waals surface area contributed by atoms with Gasteiger partial charge in [0.1, 0.15) is 5.82 Å². The molecule has 0 aliphatic rings. The highest BCUT2D eigenvalue weighted by Crippen LogP contribution is 2.27. The predicted molar refractivity (Wildman–Crippen MR) is 99.0 cm³/mol. The normalized spacial score (nSPS) is 11.5. The van der Waals surface area contributed by atoms with Crippen molar-refractivity contribution in [3.05, 3.63) is 101 Å². The van der Waals surface area contributed by atoms with E-state index in [1.807, 2.05) is 6.07 Å². The van der Waals surface area contributed by atoms with Crippen LogP contribution in [-0.4, -0.2) is 17.0 Å². The van der Waals surface area contributed by atoms with Crippen LogP contribution in [0.3, 0.4) is 0 Å². The maximum Gasteiger partial charge on any atom is 0.255 e. The monoisotopic (exact) mass is 364 g/mol. The van der Waals surface area contributed by atoms with Gasteiger partial charge < -0.3 is 5.32 Å². The Labute approximate surface area is 155 Å². The summed E-state index contributed by atoms with van der Waals surface area (Å²) in [6, 6.07) is 21.0. The van der Waals surface area contributed by atoms with Crippen LogP contribution in [0.4, 0.5) is 10.1 Å². The number of hydroxylamine groups is 1. The van der Waals surface area contributed by atoms with Crippen LogP contribution in [0.2, 0.25) is 0 Å². The molecule has 0 saturated heterocycles. The fraction of sp³-hybridized carbons (Fsp3) is 0.0476. The molecule has 136 valence electrons. The van der Waals surface area contributed by atoms with E-state index >= 15 is 0 Å². The summed E-state index contributed by atoms with van der Waals surface area (Å²) < 4.78 is 13.0. The number of amides is 2. The lowest BCUT2D eigenvalue weighted by molar-refractivity contribution is -0.129. The summed E-state index contributed by atoms with van der Waals surface area (Å²) in [4.78, 5) is 24.5. The van der Waals surface area contributed by atoms with Gasteiger partial charge in [-0.2, -0.15) is 0 Å². The average molecular weight is 364 g/mol. The molecular formula is C21H17FN2O3. The second-order valence-electron chi connectivity index (χ2n) is 5.91. The number of benzene rings is 3. The number of nitrogens with one attached hydrogen (secondary N) is 2. The quantitative estimate of drug-likeness (QED) is 0.477. The van der Waals surface area contributed by atoms with Gasteiger partial charge in [0.25, 0.3) is 11.8 Å².